The van der Waals surface area contributed by atoms with Crippen LogP contribution >= 0.6 is 8.09 Å². The maximum Gasteiger partial charge on any atom is 0.544 e. The highest BCUT2D eigenvalue weighted by molar-refractivity contribution is 7.58. The number of aliphatic hydroxyl groups is 1. The number of aromatic nitrogens is 4. The van der Waals surface area contributed by atoms with E-state index in [4.69, 9.17) is 18.5 Å². The number of nitrogens with one attached hydrogen (secondary N) is 1. The molecular formula is C26H36FN5O7P+. The highest BCUT2D eigenvalue weighted by atomic mass is 31.2. The highest BCUT2D eigenvalue weighted by Crippen LogP contribution is 2.54. The van der Waals surface area contributed by atoms with Crippen molar-refractivity contribution in [2.24, 2.45) is 5.41 Å². The zero-order chi connectivity index (χ0) is 29.3. The maximum absolute atomic E-state index is 15.9. The number of hydrogen-bond donors (Lipinski definition) is 3. The van der Waals surface area contributed by atoms with Crippen LogP contribution in [0, 0.1) is 12.3 Å². The zero-order valence-electron chi connectivity index (χ0n) is 23.3. The number of nitrogens with zero attached hydrogens (tertiary/aromatic N) is 4. The third kappa shape index (κ3) is 6.56. The SMILES string of the molecule is Cc1ncnn2c([C@@H]3O[C@H](CO[P+](O)(N[C@@H](C)COC(=O)C(C)(C)C)Oc4ccccc4)[C@@H](O)[C@@]3(C)F)cnc12. The number of ether oxygens (including phenoxy) is 2. The van der Waals surface area contributed by atoms with E-state index in [0.717, 1.165) is 0 Å². The van der Waals surface area contributed by atoms with Crippen molar-refractivity contribution in [3.05, 3.63) is 54.2 Å². The van der Waals surface area contributed by atoms with E-state index in [9.17, 15) is 14.8 Å². The molecule has 0 spiro atoms. The summed E-state index contributed by atoms with van der Waals surface area (Å²) in [6.45, 7) is 9.38. The molecule has 2 aromatic heterocycles. The van der Waals surface area contributed by atoms with Crippen molar-refractivity contribution in [1.29, 1.82) is 0 Å². The lowest BCUT2D eigenvalue weighted by molar-refractivity contribution is -0.153. The Labute approximate surface area is 232 Å². The molecule has 1 unspecified atom stereocenters. The lowest BCUT2D eigenvalue weighted by atomic mass is 9.93. The monoisotopic (exact) mass is 580 g/mol. The first-order chi connectivity index (χ1) is 18.7. The van der Waals surface area contributed by atoms with Crippen LogP contribution in [0.2, 0.25) is 0 Å². The molecule has 218 valence electrons. The molecule has 1 saturated heterocycles. The maximum atomic E-state index is 15.9. The topological polar surface area (TPSA) is 150 Å². The van der Waals surface area contributed by atoms with Crippen LogP contribution in [0.5, 0.6) is 5.75 Å². The first kappa shape index (κ1) is 30.2. The van der Waals surface area contributed by atoms with Crippen LogP contribution in [0.3, 0.4) is 0 Å². The summed E-state index contributed by atoms with van der Waals surface area (Å²) < 4.78 is 40.2. The lowest BCUT2D eigenvalue weighted by Crippen LogP contribution is -2.41. The van der Waals surface area contributed by atoms with E-state index in [-0.39, 0.29) is 6.61 Å². The van der Waals surface area contributed by atoms with Gasteiger partial charge in [-0.25, -0.2) is 18.9 Å². The predicted octanol–water partition coefficient (Wildman–Crippen LogP) is 3.29. The fourth-order valence-corrected chi connectivity index (χ4v) is 5.71. The van der Waals surface area contributed by atoms with E-state index < -0.39 is 56.1 Å². The van der Waals surface area contributed by atoms with Crippen molar-refractivity contribution in [1.82, 2.24) is 24.7 Å². The molecule has 3 aromatic rings. The van der Waals surface area contributed by atoms with Gasteiger partial charge in [0.05, 0.1) is 29.0 Å². The molecular weight excluding hydrogens is 544 g/mol. The number of aryl methyl sites for hydroxylation is 1. The number of para-hydroxylation sites is 1. The summed E-state index contributed by atoms with van der Waals surface area (Å²) >= 11 is 0. The Kier molecular flexibility index (Phi) is 8.74. The smallest absolute Gasteiger partial charge is 0.463 e. The molecule has 6 atom stereocenters. The molecule has 0 saturated carbocycles. The quantitative estimate of drug-likeness (QED) is 0.240. The van der Waals surface area contributed by atoms with E-state index in [1.807, 2.05) is 0 Å². The van der Waals surface area contributed by atoms with Gasteiger partial charge in [0.15, 0.2) is 17.1 Å². The van der Waals surface area contributed by atoms with Crippen molar-refractivity contribution in [2.75, 3.05) is 13.2 Å². The molecule has 0 amide bonds. The number of carbonyl (C=O) groups excluding carboxylic acids is 1. The number of aliphatic hydroxyl groups excluding tert-OH is 1. The largest absolute Gasteiger partial charge is 0.544 e. The third-order valence-corrected chi connectivity index (χ3v) is 8.10. The normalized spacial score (nSPS) is 25.5. The molecule has 40 heavy (non-hydrogen) atoms. The van der Waals surface area contributed by atoms with Crippen molar-refractivity contribution in [2.45, 2.75) is 71.6 Å². The molecule has 14 heteroatoms. The van der Waals surface area contributed by atoms with Gasteiger partial charge >= 0.3 is 14.1 Å². The van der Waals surface area contributed by atoms with Crippen LogP contribution < -0.4 is 9.61 Å². The van der Waals surface area contributed by atoms with Crippen LogP contribution in [-0.4, -0.2) is 72.7 Å². The number of esters is 1. The van der Waals surface area contributed by atoms with Gasteiger partial charge < -0.3 is 14.6 Å². The molecule has 1 aromatic carbocycles. The standard InChI is InChI=1S/C26H36FN5O7P/c1-16(13-36-24(34)25(3,4)5)31-40(35,39-18-10-8-7-9-11-18)37-14-20-21(33)26(6,27)22(38-20)19-12-28-23-17(2)29-15-30-32(19)23/h7-12,15-16,20-22,31,33,35H,13-14H2,1-6H3/q+1/t16-,20+,21+,22-,26+,40?/m0/s1. The first-order valence-electron chi connectivity index (χ1n) is 12.8. The summed E-state index contributed by atoms with van der Waals surface area (Å²) in [4.78, 5) is 32.0. The number of alkyl halides is 1. The Morgan fingerprint density at radius 1 is 1.30 bits per heavy atom. The number of fused-ring (bicyclic) bond motifs is 1. The van der Waals surface area contributed by atoms with Gasteiger partial charge in [-0.1, -0.05) is 18.2 Å². The Balaban J connectivity index is 1.49. The second-order valence-corrected chi connectivity index (χ2v) is 12.8. The summed E-state index contributed by atoms with van der Waals surface area (Å²) in [7, 11) is -3.89. The average Bonchev–Trinajstić information content (AvgIpc) is 3.40. The van der Waals surface area contributed by atoms with Crippen molar-refractivity contribution in [3.63, 3.8) is 0 Å². The number of halogens is 1. The van der Waals surface area contributed by atoms with E-state index in [1.54, 1.807) is 65.0 Å². The van der Waals surface area contributed by atoms with Crippen LogP contribution in [0.15, 0.2) is 42.9 Å². The predicted molar refractivity (Wildman–Crippen MR) is 144 cm³/mol. The third-order valence-electron chi connectivity index (χ3n) is 6.38. The minimum atomic E-state index is -3.89. The first-order valence-corrected chi connectivity index (χ1v) is 14.4. The van der Waals surface area contributed by atoms with Gasteiger partial charge in [0, 0.05) is 0 Å². The fraction of sp³-hybridized carbons (Fsp3) is 0.538. The second kappa shape index (κ2) is 11.6. The van der Waals surface area contributed by atoms with Crippen molar-refractivity contribution >= 4 is 19.7 Å². The van der Waals surface area contributed by atoms with E-state index in [1.165, 1.54) is 24.0 Å². The minimum absolute atomic E-state index is 0.0668. The molecule has 0 aliphatic carbocycles. The molecule has 0 bridgehead atoms. The number of rotatable bonds is 10. The van der Waals surface area contributed by atoms with Crippen molar-refractivity contribution in [3.8, 4) is 5.75 Å². The van der Waals surface area contributed by atoms with Gasteiger partial charge in [-0.05, 0) is 53.7 Å². The molecule has 0 radical (unpaired) electrons. The van der Waals surface area contributed by atoms with Crippen molar-refractivity contribution < 1.29 is 37.7 Å². The molecule has 3 N–H and O–H groups in total. The molecule has 1 aliphatic rings. The van der Waals surface area contributed by atoms with Crippen LogP contribution in [-0.2, 0) is 18.8 Å². The van der Waals surface area contributed by atoms with E-state index >= 15 is 4.39 Å². The number of carbonyl (C=O) groups is 1. The highest BCUT2D eigenvalue weighted by Gasteiger charge is 2.57. The molecule has 1 fully saturated rings. The molecule has 3 heterocycles. The number of hydrogen-bond acceptors (Lipinski definition) is 11. The number of benzene rings is 1. The molecule has 12 nitrogen and oxygen atoms in total. The summed E-state index contributed by atoms with van der Waals surface area (Å²) in [6.07, 6.45) is -1.26. The second-order valence-electron chi connectivity index (χ2n) is 11.0. The summed E-state index contributed by atoms with van der Waals surface area (Å²) in [5.74, 6) is -0.0943. The minimum Gasteiger partial charge on any atom is -0.463 e. The Morgan fingerprint density at radius 2 is 2.00 bits per heavy atom. The van der Waals surface area contributed by atoms with Gasteiger partial charge in [0.25, 0.3) is 0 Å². The van der Waals surface area contributed by atoms with Gasteiger partial charge in [-0.2, -0.15) is 14.5 Å². The van der Waals surface area contributed by atoms with E-state index in [0.29, 0.717) is 22.8 Å². The molecule has 4 rings (SSSR count). The lowest BCUT2D eigenvalue weighted by Gasteiger charge is -2.24. The summed E-state index contributed by atoms with van der Waals surface area (Å²) in [5.41, 5.74) is -1.60. The summed E-state index contributed by atoms with van der Waals surface area (Å²) in [5, 5.41) is 17.9. The zero-order valence-corrected chi connectivity index (χ0v) is 24.2. The Hall–Kier alpha value is -2.80. The Bertz CT molecular complexity index is 1320. The Morgan fingerprint density at radius 3 is 2.67 bits per heavy atom. The van der Waals surface area contributed by atoms with E-state index in [2.05, 4.69) is 20.2 Å². The van der Waals surface area contributed by atoms with Gasteiger partial charge in [-0.3, -0.25) is 9.32 Å². The van der Waals surface area contributed by atoms with Gasteiger partial charge in [0.2, 0.25) is 0 Å². The fourth-order valence-electron chi connectivity index (χ4n) is 4.14. The summed E-state index contributed by atoms with van der Waals surface area (Å²) in [6, 6.07) is 7.90. The van der Waals surface area contributed by atoms with Crippen LogP contribution in [0.1, 0.15) is 52.1 Å². The van der Waals surface area contributed by atoms with Crippen LogP contribution in [0.4, 0.5) is 4.39 Å². The number of imidazole rings is 1. The van der Waals surface area contributed by atoms with Crippen LogP contribution in [0.25, 0.3) is 5.65 Å². The molecule has 1 aliphatic heterocycles. The van der Waals surface area contributed by atoms with Gasteiger partial charge in [0.1, 0.15) is 37.9 Å². The van der Waals surface area contributed by atoms with Gasteiger partial charge in [-0.15, -0.1) is 5.09 Å². The average molecular weight is 581 g/mol.